The number of ether oxygens (including phenoxy) is 1. The minimum absolute atomic E-state index is 0.420. The predicted molar refractivity (Wildman–Crippen MR) is 86.0 cm³/mol. The molecule has 4 unspecified atom stereocenters. The smallest absolute Gasteiger partial charge is 0.0636 e. The second-order valence-corrected chi connectivity index (χ2v) is 7.97. The van der Waals surface area contributed by atoms with Crippen molar-refractivity contribution >= 4 is 0 Å². The van der Waals surface area contributed by atoms with Crippen LogP contribution in [0.4, 0.5) is 0 Å². The molecule has 4 atom stereocenters. The van der Waals surface area contributed by atoms with E-state index < -0.39 is 0 Å². The minimum Gasteiger partial charge on any atom is -0.378 e. The number of fused-ring (bicyclic) bond motifs is 2. The second kappa shape index (κ2) is 6.36. The highest BCUT2D eigenvalue weighted by molar-refractivity contribution is 5.11. The van der Waals surface area contributed by atoms with Gasteiger partial charge in [-0.25, -0.2) is 0 Å². The summed E-state index contributed by atoms with van der Waals surface area (Å²) in [5.41, 5.74) is 0.900. The first-order chi connectivity index (χ1) is 9.41. The highest BCUT2D eigenvalue weighted by Crippen LogP contribution is 2.66. The molecule has 0 amide bonds. The van der Waals surface area contributed by atoms with Crippen molar-refractivity contribution in [2.24, 2.45) is 16.7 Å². The van der Waals surface area contributed by atoms with Crippen LogP contribution in [0.5, 0.6) is 0 Å². The van der Waals surface area contributed by atoms with E-state index in [9.17, 15) is 0 Å². The van der Waals surface area contributed by atoms with Crippen LogP contribution in [-0.4, -0.2) is 25.3 Å². The average Bonchev–Trinajstić information content (AvgIpc) is 2.74. The lowest BCUT2D eigenvalue weighted by atomic mass is 9.70. The van der Waals surface area contributed by atoms with Crippen molar-refractivity contribution < 1.29 is 4.74 Å². The fourth-order valence-corrected chi connectivity index (χ4v) is 4.49. The quantitative estimate of drug-likeness (QED) is 0.666. The molecule has 2 bridgehead atoms. The molecule has 0 radical (unpaired) electrons. The van der Waals surface area contributed by atoms with Crippen molar-refractivity contribution in [1.82, 2.24) is 5.32 Å². The normalized spacial score (nSPS) is 36.5. The van der Waals surface area contributed by atoms with Crippen molar-refractivity contribution in [1.29, 1.82) is 0 Å². The third-order valence-electron chi connectivity index (χ3n) is 6.56. The Kier molecular flexibility index (Phi) is 5.18. The lowest BCUT2D eigenvalue weighted by Gasteiger charge is -2.39. The van der Waals surface area contributed by atoms with Gasteiger partial charge in [0, 0.05) is 12.6 Å². The zero-order valence-corrected chi connectivity index (χ0v) is 14.3. The van der Waals surface area contributed by atoms with Gasteiger partial charge in [-0.1, -0.05) is 27.7 Å². The summed E-state index contributed by atoms with van der Waals surface area (Å²) in [4.78, 5) is 0. The zero-order valence-electron chi connectivity index (χ0n) is 14.3. The van der Waals surface area contributed by atoms with Crippen molar-refractivity contribution in [3.63, 3.8) is 0 Å². The Morgan fingerprint density at radius 3 is 2.60 bits per heavy atom. The van der Waals surface area contributed by atoms with Gasteiger partial charge in [-0.3, -0.25) is 0 Å². The molecular formula is C18H35NO. The summed E-state index contributed by atoms with van der Waals surface area (Å²) in [5, 5.41) is 3.55. The summed E-state index contributed by atoms with van der Waals surface area (Å²) < 4.78 is 6.30. The summed E-state index contributed by atoms with van der Waals surface area (Å²) in [6.07, 6.45) is 8.23. The Morgan fingerprint density at radius 1 is 1.30 bits per heavy atom. The van der Waals surface area contributed by atoms with Crippen LogP contribution in [0.25, 0.3) is 0 Å². The van der Waals surface area contributed by atoms with E-state index in [0.717, 1.165) is 19.1 Å². The van der Waals surface area contributed by atoms with E-state index in [-0.39, 0.29) is 0 Å². The molecular weight excluding hydrogens is 246 g/mol. The van der Waals surface area contributed by atoms with Gasteiger partial charge < -0.3 is 10.1 Å². The molecule has 0 aromatic carbocycles. The van der Waals surface area contributed by atoms with Gasteiger partial charge in [0.2, 0.25) is 0 Å². The molecule has 0 aliphatic heterocycles. The Morgan fingerprint density at radius 2 is 2.05 bits per heavy atom. The lowest BCUT2D eigenvalue weighted by molar-refractivity contribution is -0.0477. The Bertz CT molecular complexity index is 315. The molecule has 2 nitrogen and oxygen atoms in total. The van der Waals surface area contributed by atoms with Gasteiger partial charge in [-0.15, -0.1) is 0 Å². The van der Waals surface area contributed by atoms with Crippen LogP contribution in [0.1, 0.15) is 73.1 Å². The summed E-state index contributed by atoms with van der Waals surface area (Å²) in [7, 11) is 0. The van der Waals surface area contributed by atoms with Gasteiger partial charge in [0.25, 0.3) is 0 Å². The topological polar surface area (TPSA) is 21.3 Å². The first-order valence-electron chi connectivity index (χ1n) is 8.76. The van der Waals surface area contributed by atoms with E-state index in [1.807, 2.05) is 0 Å². The van der Waals surface area contributed by atoms with E-state index >= 15 is 0 Å². The lowest BCUT2D eigenvalue weighted by Crippen LogP contribution is -2.37. The molecule has 0 spiro atoms. The molecule has 2 heteroatoms. The summed E-state index contributed by atoms with van der Waals surface area (Å²) in [6, 6.07) is 0.630. The highest BCUT2D eigenvalue weighted by atomic mass is 16.5. The van der Waals surface area contributed by atoms with E-state index in [0.29, 0.717) is 23.0 Å². The van der Waals surface area contributed by atoms with Crippen LogP contribution < -0.4 is 5.32 Å². The maximum Gasteiger partial charge on any atom is 0.0636 e. The van der Waals surface area contributed by atoms with Crippen molar-refractivity contribution in [3.8, 4) is 0 Å². The van der Waals surface area contributed by atoms with Crippen LogP contribution in [-0.2, 0) is 4.74 Å². The Labute approximate surface area is 126 Å². The van der Waals surface area contributed by atoms with Crippen molar-refractivity contribution in [2.45, 2.75) is 85.3 Å². The maximum absolute atomic E-state index is 6.30. The van der Waals surface area contributed by atoms with Crippen molar-refractivity contribution in [3.05, 3.63) is 0 Å². The van der Waals surface area contributed by atoms with Gasteiger partial charge in [0.05, 0.1) is 6.10 Å². The van der Waals surface area contributed by atoms with Gasteiger partial charge >= 0.3 is 0 Å². The molecule has 0 heterocycles. The third-order valence-corrected chi connectivity index (χ3v) is 6.56. The Balaban J connectivity index is 1.69. The van der Waals surface area contributed by atoms with Crippen molar-refractivity contribution in [2.75, 3.05) is 13.2 Å². The minimum atomic E-state index is 0.420. The van der Waals surface area contributed by atoms with E-state index in [1.54, 1.807) is 0 Å². The number of hydrogen-bond donors (Lipinski definition) is 1. The van der Waals surface area contributed by atoms with Gasteiger partial charge in [0.1, 0.15) is 0 Å². The standard InChI is InChI=1S/C18H35NO/c1-6-11-19-14(2)8-7-12-20-16-13-15-9-10-18(16,5)17(15,3)4/h14-16,19H,6-13H2,1-5H3. The molecule has 118 valence electrons. The summed E-state index contributed by atoms with van der Waals surface area (Å²) in [5.74, 6) is 0.891. The first kappa shape index (κ1) is 16.3. The number of hydrogen-bond acceptors (Lipinski definition) is 2. The molecule has 0 aromatic rings. The summed E-state index contributed by atoms with van der Waals surface area (Å²) in [6.45, 7) is 14.0. The SMILES string of the molecule is CCCNC(C)CCCOC1CC2CCC1(C)C2(C)C. The number of nitrogens with one attached hydrogen (secondary N) is 1. The molecule has 2 aliphatic rings. The van der Waals surface area contributed by atoms with Crippen LogP contribution in [0, 0.1) is 16.7 Å². The molecule has 0 aromatic heterocycles. The Hall–Kier alpha value is -0.0800. The molecule has 20 heavy (non-hydrogen) atoms. The van der Waals surface area contributed by atoms with E-state index in [1.165, 1.54) is 38.5 Å². The third kappa shape index (κ3) is 2.92. The van der Waals surface area contributed by atoms with Crippen LogP contribution in [0.2, 0.25) is 0 Å². The molecule has 0 saturated heterocycles. The molecule has 2 rings (SSSR count). The predicted octanol–water partition coefficient (Wildman–Crippen LogP) is 4.39. The molecule has 2 fully saturated rings. The monoisotopic (exact) mass is 281 g/mol. The largest absolute Gasteiger partial charge is 0.378 e. The van der Waals surface area contributed by atoms with Gasteiger partial charge in [0.15, 0.2) is 0 Å². The van der Waals surface area contributed by atoms with E-state index in [4.69, 9.17) is 4.74 Å². The molecule has 2 aliphatic carbocycles. The van der Waals surface area contributed by atoms with Gasteiger partial charge in [-0.2, -0.15) is 0 Å². The van der Waals surface area contributed by atoms with Crippen LogP contribution >= 0.6 is 0 Å². The molecule has 1 N–H and O–H groups in total. The molecule has 2 saturated carbocycles. The maximum atomic E-state index is 6.30. The fourth-order valence-electron chi connectivity index (χ4n) is 4.49. The van der Waals surface area contributed by atoms with Gasteiger partial charge in [-0.05, 0) is 68.7 Å². The van der Waals surface area contributed by atoms with Crippen LogP contribution in [0.15, 0.2) is 0 Å². The second-order valence-electron chi connectivity index (χ2n) is 7.97. The average molecular weight is 281 g/mol. The summed E-state index contributed by atoms with van der Waals surface area (Å²) >= 11 is 0. The van der Waals surface area contributed by atoms with Crippen LogP contribution in [0.3, 0.4) is 0 Å². The fraction of sp³-hybridized carbons (Fsp3) is 1.00. The number of rotatable bonds is 8. The van der Waals surface area contributed by atoms with E-state index in [2.05, 4.69) is 39.9 Å². The first-order valence-corrected chi connectivity index (χ1v) is 8.76. The highest BCUT2D eigenvalue weighted by Gasteiger charge is 2.61. The zero-order chi connectivity index (χ0) is 14.8.